The van der Waals surface area contributed by atoms with E-state index in [4.69, 9.17) is 0 Å². The monoisotopic (exact) mass is 394 g/mol. The number of rotatable bonds is 10. The second kappa shape index (κ2) is 9.98. The minimum Gasteiger partial charge on any atom is -0.242 e. The molecule has 0 amide bonds. The van der Waals surface area contributed by atoms with Crippen molar-refractivity contribution in [2.75, 3.05) is 0 Å². The van der Waals surface area contributed by atoms with Gasteiger partial charge in [0, 0.05) is 0 Å². The molecule has 0 spiro atoms. The minimum absolute atomic E-state index is 0.0419. The van der Waals surface area contributed by atoms with Crippen LogP contribution in [0.25, 0.3) is 0 Å². The van der Waals surface area contributed by atoms with Gasteiger partial charge in [-0.2, -0.15) is 0 Å². The second-order valence-electron chi connectivity index (χ2n) is 6.87. The zero-order chi connectivity index (χ0) is 19.9. The third kappa shape index (κ3) is 5.61. The molecule has 5 heteroatoms. The molecule has 2 nitrogen and oxygen atoms in total. The first-order valence-electron chi connectivity index (χ1n) is 9.63. The van der Waals surface area contributed by atoms with Crippen LogP contribution in [0.2, 0.25) is 0 Å². The SMILES string of the molecule is CCCCC(F)c1cccc(S(=O)(=O)c2cccc(C(F)CCCC)c2)c1. The smallest absolute Gasteiger partial charge is 0.206 e. The van der Waals surface area contributed by atoms with Crippen LogP contribution in [-0.4, -0.2) is 8.42 Å². The average molecular weight is 395 g/mol. The number of benzene rings is 2. The first-order chi connectivity index (χ1) is 12.9. The van der Waals surface area contributed by atoms with Crippen LogP contribution in [-0.2, 0) is 9.84 Å². The molecule has 0 fully saturated rings. The molecule has 0 saturated carbocycles. The molecule has 0 N–H and O–H groups in total. The van der Waals surface area contributed by atoms with E-state index < -0.39 is 22.2 Å². The molecule has 0 aliphatic carbocycles. The Labute approximate surface area is 161 Å². The number of unbranched alkanes of at least 4 members (excludes halogenated alkanes) is 2. The molecule has 2 aromatic carbocycles. The van der Waals surface area contributed by atoms with Crippen LogP contribution in [0.3, 0.4) is 0 Å². The van der Waals surface area contributed by atoms with Gasteiger partial charge in [0.05, 0.1) is 9.79 Å². The van der Waals surface area contributed by atoms with E-state index >= 15 is 0 Å². The zero-order valence-electron chi connectivity index (χ0n) is 16.0. The first kappa shape index (κ1) is 21.5. The first-order valence-corrected chi connectivity index (χ1v) is 11.1. The van der Waals surface area contributed by atoms with Crippen LogP contribution < -0.4 is 0 Å². The summed E-state index contributed by atoms with van der Waals surface area (Å²) in [5.41, 5.74) is 0.735. The highest BCUT2D eigenvalue weighted by molar-refractivity contribution is 7.91. The van der Waals surface area contributed by atoms with E-state index in [9.17, 15) is 17.2 Å². The summed E-state index contributed by atoms with van der Waals surface area (Å²) in [5.74, 6) is 0. The molecule has 0 heterocycles. The molecule has 2 atom stereocenters. The van der Waals surface area contributed by atoms with Gasteiger partial charge in [-0.25, -0.2) is 17.2 Å². The number of hydrogen-bond acceptors (Lipinski definition) is 2. The van der Waals surface area contributed by atoms with Crippen molar-refractivity contribution >= 4 is 9.84 Å². The van der Waals surface area contributed by atoms with Crippen LogP contribution in [0, 0.1) is 0 Å². The van der Waals surface area contributed by atoms with Crippen molar-refractivity contribution in [1.29, 1.82) is 0 Å². The van der Waals surface area contributed by atoms with E-state index in [0.717, 1.165) is 25.7 Å². The fourth-order valence-electron chi connectivity index (χ4n) is 2.99. The van der Waals surface area contributed by atoms with Crippen LogP contribution in [0.15, 0.2) is 58.3 Å². The summed E-state index contributed by atoms with van der Waals surface area (Å²) < 4.78 is 54.6. The van der Waals surface area contributed by atoms with E-state index in [0.29, 0.717) is 24.0 Å². The average Bonchev–Trinajstić information content (AvgIpc) is 2.70. The van der Waals surface area contributed by atoms with Gasteiger partial charge in [0.15, 0.2) is 0 Å². The predicted octanol–water partition coefficient (Wildman–Crippen LogP) is 6.92. The van der Waals surface area contributed by atoms with Gasteiger partial charge in [-0.3, -0.25) is 0 Å². The van der Waals surface area contributed by atoms with Gasteiger partial charge in [-0.05, 0) is 48.2 Å². The molecule has 27 heavy (non-hydrogen) atoms. The maximum absolute atomic E-state index is 14.3. The molecule has 0 aromatic heterocycles. The normalized spacial score (nSPS) is 14.1. The molecule has 0 radical (unpaired) electrons. The Kier molecular flexibility index (Phi) is 7.96. The van der Waals surface area contributed by atoms with Crippen LogP contribution >= 0.6 is 0 Å². The van der Waals surface area contributed by atoms with E-state index in [-0.39, 0.29) is 9.79 Å². The lowest BCUT2D eigenvalue weighted by Crippen LogP contribution is -2.05. The number of hydrogen-bond donors (Lipinski definition) is 0. The summed E-state index contributed by atoms with van der Waals surface area (Å²) in [4.78, 5) is 0.0838. The summed E-state index contributed by atoms with van der Waals surface area (Å²) in [5, 5.41) is 0. The van der Waals surface area contributed by atoms with E-state index in [2.05, 4.69) is 0 Å². The quantitative estimate of drug-likeness (QED) is 0.438. The second-order valence-corrected chi connectivity index (χ2v) is 8.82. The molecular weight excluding hydrogens is 366 g/mol. The molecule has 2 rings (SSSR count). The number of halogens is 2. The van der Waals surface area contributed by atoms with Gasteiger partial charge >= 0.3 is 0 Å². The van der Waals surface area contributed by atoms with Gasteiger partial charge in [0.1, 0.15) is 12.3 Å². The fourth-order valence-corrected chi connectivity index (χ4v) is 4.36. The van der Waals surface area contributed by atoms with Crippen molar-refractivity contribution < 1.29 is 17.2 Å². The Morgan fingerprint density at radius 2 is 1.19 bits per heavy atom. The standard InChI is InChI=1S/C22H28F2O2S/c1-3-5-13-21(23)17-9-7-11-19(15-17)27(25,26)20-12-8-10-18(16-20)22(24)14-6-4-2/h7-12,15-16,21-22H,3-6,13-14H2,1-2H3. The lowest BCUT2D eigenvalue weighted by Gasteiger charge is -2.12. The molecule has 0 aliphatic heterocycles. The summed E-state index contributed by atoms with van der Waals surface area (Å²) in [6, 6.07) is 12.0. The summed E-state index contributed by atoms with van der Waals surface area (Å²) in [7, 11) is -3.83. The molecule has 0 aliphatic rings. The Bertz CT molecular complexity index is 770. The predicted molar refractivity (Wildman–Crippen MR) is 105 cm³/mol. The van der Waals surface area contributed by atoms with Crippen LogP contribution in [0.4, 0.5) is 8.78 Å². The highest BCUT2D eigenvalue weighted by Crippen LogP contribution is 2.30. The highest BCUT2D eigenvalue weighted by atomic mass is 32.2. The largest absolute Gasteiger partial charge is 0.242 e. The molecule has 0 saturated heterocycles. The maximum Gasteiger partial charge on any atom is 0.206 e. The van der Waals surface area contributed by atoms with Crippen LogP contribution in [0.1, 0.15) is 75.8 Å². The minimum atomic E-state index is -3.83. The van der Waals surface area contributed by atoms with Crippen molar-refractivity contribution in [3.63, 3.8) is 0 Å². The third-order valence-corrected chi connectivity index (χ3v) is 6.43. The molecular formula is C22H28F2O2S. The van der Waals surface area contributed by atoms with E-state index in [1.165, 1.54) is 24.3 Å². The molecule has 2 aromatic rings. The zero-order valence-corrected chi connectivity index (χ0v) is 16.8. The fraction of sp³-hybridized carbons (Fsp3) is 0.455. The third-order valence-electron chi connectivity index (χ3n) is 4.68. The molecule has 2 unspecified atom stereocenters. The van der Waals surface area contributed by atoms with Crippen molar-refractivity contribution in [3.05, 3.63) is 59.7 Å². The van der Waals surface area contributed by atoms with Crippen molar-refractivity contribution in [2.24, 2.45) is 0 Å². The van der Waals surface area contributed by atoms with Gasteiger partial charge in [-0.1, -0.05) is 63.8 Å². The van der Waals surface area contributed by atoms with Crippen molar-refractivity contribution in [1.82, 2.24) is 0 Å². The van der Waals surface area contributed by atoms with Gasteiger partial charge in [0.25, 0.3) is 0 Å². The maximum atomic E-state index is 14.3. The molecule has 0 bridgehead atoms. The lowest BCUT2D eigenvalue weighted by molar-refractivity contribution is 0.315. The Hall–Kier alpha value is -1.75. The van der Waals surface area contributed by atoms with E-state index in [1.54, 1.807) is 24.3 Å². The topological polar surface area (TPSA) is 34.1 Å². The van der Waals surface area contributed by atoms with Gasteiger partial charge in [0.2, 0.25) is 9.84 Å². The van der Waals surface area contributed by atoms with E-state index in [1.807, 2.05) is 13.8 Å². The van der Waals surface area contributed by atoms with Gasteiger partial charge in [-0.15, -0.1) is 0 Å². The number of sulfone groups is 1. The highest BCUT2D eigenvalue weighted by Gasteiger charge is 2.21. The summed E-state index contributed by atoms with van der Waals surface area (Å²) in [6.07, 6.45) is 1.63. The van der Waals surface area contributed by atoms with Crippen LogP contribution in [0.5, 0.6) is 0 Å². The van der Waals surface area contributed by atoms with Crippen molar-refractivity contribution in [3.8, 4) is 0 Å². The summed E-state index contributed by atoms with van der Waals surface area (Å²) >= 11 is 0. The Balaban J connectivity index is 2.31. The van der Waals surface area contributed by atoms with Gasteiger partial charge < -0.3 is 0 Å². The lowest BCUT2D eigenvalue weighted by atomic mass is 10.1. The Morgan fingerprint density at radius 1 is 0.778 bits per heavy atom. The number of alkyl halides is 2. The molecule has 148 valence electrons. The van der Waals surface area contributed by atoms with Crippen molar-refractivity contribution in [2.45, 2.75) is 74.5 Å². The summed E-state index contributed by atoms with van der Waals surface area (Å²) in [6.45, 7) is 3.97. The Morgan fingerprint density at radius 3 is 1.56 bits per heavy atom.